The predicted molar refractivity (Wildman–Crippen MR) is 136 cm³/mol. The summed E-state index contributed by atoms with van der Waals surface area (Å²) in [5.41, 5.74) is 1.76. The fraction of sp³-hybridized carbons (Fsp3) is 0.464. The van der Waals surface area contributed by atoms with Crippen LogP contribution >= 0.6 is 0 Å². The van der Waals surface area contributed by atoms with Gasteiger partial charge in [-0.2, -0.15) is 0 Å². The average molecular weight is 511 g/mol. The van der Waals surface area contributed by atoms with E-state index < -0.39 is 47.4 Å². The number of rotatable bonds is 6. The fourth-order valence-electron chi connectivity index (χ4n) is 5.11. The van der Waals surface area contributed by atoms with Gasteiger partial charge >= 0.3 is 12.1 Å². The molecule has 37 heavy (non-hydrogen) atoms. The van der Waals surface area contributed by atoms with E-state index in [2.05, 4.69) is 0 Å². The first-order chi connectivity index (χ1) is 17.4. The van der Waals surface area contributed by atoms with Gasteiger partial charge in [-0.15, -0.1) is 0 Å². The molecule has 1 saturated heterocycles. The number of benzene rings is 2. The SMILES string of the molecule is COC(=O)N(C1c2ccccc2-c2ccccc21)[C@@H](COC(C)(C)C)C(=O)N1[C@H](C(=O)O)COC1(C)C. The van der Waals surface area contributed by atoms with Crippen molar-refractivity contribution in [2.45, 2.75) is 64.1 Å². The van der Waals surface area contributed by atoms with Crippen LogP contribution in [0.4, 0.5) is 4.79 Å². The first-order valence-corrected chi connectivity index (χ1v) is 12.3. The van der Waals surface area contributed by atoms with Crippen molar-refractivity contribution in [2.75, 3.05) is 20.3 Å². The van der Waals surface area contributed by atoms with Gasteiger partial charge in [-0.25, -0.2) is 9.59 Å². The molecule has 1 fully saturated rings. The normalized spacial score (nSPS) is 19.2. The summed E-state index contributed by atoms with van der Waals surface area (Å²) in [5.74, 6) is -1.78. The van der Waals surface area contributed by atoms with Crippen LogP contribution in [-0.4, -0.2) is 76.6 Å². The predicted octanol–water partition coefficient (Wildman–Crippen LogP) is 4.06. The van der Waals surface area contributed by atoms with Gasteiger partial charge in [0.25, 0.3) is 5.91 Å². The number of hydrogen-bond donors (Lipinski definition) is 1. The first-order valence-electron chi connectivity index (χ1n) is 12.3. The Morgan fingerprint density at radius 2 is 1.62 bits per heavy atom. The summed E-state index contributed by atoms with van der Waals surface area (Å²) < 4.78 is 17.0. The number of ether oxygens (including phenoxy) is 3. The first kappa shape index (κ1) is 26.6. The maximum Gasteiger partial charge on any atom is 0.411 e. The minimum atomic E-state index is -1.21. The van der Waals surface area contributed by atoms with Crippen molar-refractivity contribution in [3.05, 3.63) is 59.7 Å². The van der Waals surface area contributed by atoms with Gasteiger partial charge < -0.3 is 19.3 Å². The number of carbonyl (C=O) groups excluding carboxylic acids is 2. The van der Waals surface area contributed by atoms with E-state index in [-0.39, 0.29) is 13.2 Å². The Bertz CT molecular complexity index is 1160. The Balaban J connectivity index is 1.87. The van der Waals surface area contributed by atoms with Gasteiger partial charge in [0.2, 0.25) is 0 Å². The second-order valence-electron chi connectivity index (χ2n) is 10.7. The molecular formula is C28H34N2O7. The van der Waals surface area contributed by atoms with E-state index in [4.69, 9.17) is 14.2 Å². The zero-order valence-electron chi connectivity index (χ0n) is 22.1. The summed E-state index contributed by atoms with van der Waals surface area (Å²) in [7, 11) is 1.26. The molecule has 1 heterocycles. The van der Waals surface area contributed by atoms with E-state index in [1.165, 1.54) is 16.9 Å². The van der Waals surface area contributed by atoms with Crippen LogP contribution in [0.25, 0.3) is 11.1 Å². The summed E-state index contributed by atoms with van der Waals surface area (Å²) in [6.07, 6.45) is -0.725. The largest absolute Gasteiger partial charge is 0.480 e. The van der Waals surface area contributed by atoms with Crippen molar-refractivity contribution in [2.24, 2.45) is 0 Å². The molecule has 2 amide bonds. The zero-order chi connectivity index (χ0) is 27.1. The lowest BCUT2D eigenvalue weighted by atomic mass is 10.0. The molecule has 9 heteroatoms. The number of amides is 2. The maximum absolute atomic E-state index is 14.3. The van der Waals surface area contributed by atoms with Gasteiger partial charge in [0.05, 0.1) is 32.0 Å². The highest BCUT2D eigenvalue weighted by Gasteiger charge is 2.52. The Morgan fingerprint density at radius 1 is 1.08 bits per heavy atom. The van der Waals surface area contributed by atoms with Gasteiger partial charge in [-0.3, -0.25) is 14.6 Å². The molecule has 1 N–H and O–H groups in total. The molecule has 0 unspecified atom stereocenters. The standard InChI is InChI=1S/C28H34N2O7/c1-27(2,3)36-15-21(24(31)30-22(25(32)33)16-37-28(30,4)5)29(26(34)35-6)23-19-13-9-7-11-17(19)18-12-8-10-14-20(18)23/h7-14,21-23H,15-16H2,1-6H3,(H,32,33)/t21-,22-/m0/s1. The molecule has 1 aliphatic carbocycles. The van der Waals surface area contributed by atoms with Crippen molar-refractivity contribution in [1.82, 2.24) is 9.80 Å². The smallest absolute Gasteiger partial charge is 0.411 e. The lowest BCUT2D eigenvalue weighted by molar-refractivity contribution is -0.162. The number of carboxylic acids is 1. The van der Waals surface area contributed by atoms with Crippen LogP contribution in [0.2, 0.25) is 0 Å². The van der Waals surface area contributed by atoms with E-state index in [0.717, 1.165) is 22.3 Å². The van der Waals surface area contributed by atoms with Crippen LogP contribution in [0.3, 0.4) is 0 Å². The highest BCUT2D eigenvalue weighted by Crippen LogP contribution is 2.47. The molecule has 2 aromatic carbocycles. The van der Waals surface area contributed by atoms with E-state index in [9.17, 15) is 19.5 Å². The number of fused-ring (bicyclic) bond motifs is 3. The van der Waals surface area contributed by atoms with E-state index in [1.807, 2.05) is 69.3 Å². The molecule has 4 rings (SSSR count). The summed E-state index contributed by atoms with van der Waals surface area (Å²) >= 11 is 0. The highest BCUT2D eigenvalue weighted by molar-refractivity contribution is 5.91. The third-order valence-corrected chi connectivity index (χ3v) is 6.77. The van der Waals surface area contributed by atoms with Crippen LogP contribution in [0.1, 0.15) is 51.8 Å². The molecule has 0 spiro atoms. The number of aliphatic carboxylic acids is 1. The summed E-state index contributed by atoms with van der Waals surface area (Å²) in [6.45, 7) is 8.49. The summed E-state index contributed by atoms with van der Waals surface area (Å²) in [4.78, 5) is 42.5. The van der Waals surface area contributed by atoms with Crippen molar-refractivity contribution in [3.8, 4) is 11.1 Å². The van der Waals surface area contributed by atoms with Crippen LogP contribution in [0.5, 0.6) is 0 Å². The second-order valence-corrected chi connectivity index (χ2v) is 10.7. The van der Waals surface area contributed by atoms with E-state index >= 15 is 0 Å². The molecule has 1 aliphatic heterocycles. The summed E-state index contributed by atoms with van der Waals surface area (Å²) in [6, 6.07) is 12.4. The Kier molecular flexibility index (Phi) is 7.05. The van der Waals surface area contributed by atoms with Crippen molar-refractivity contribution < 1.29 is 33.7 Å². The molecular weight excluding hydrogens is 476 g/mol. The molecule has 0 radical (unpaired) electrons. The Hall–Kier alpha value is -3.43. The number of carbonyl (C=O) groups is 3. The van der Waals surface area contributed by atoms with Gasteiger partial charge in [0.15, 0.2) is 6.04 Å². The van der Waals surface area contributed by atoms with Crippen molar-refractivity contribution in [3.63, 3.8) is 0 Å². The molecule has 0 aromatic heterocycles. The monoisotopic (exact) mass is 510 g/mol. The van der Waals surface area contributed by atoms with Crippen molar-refractivity contribution >= 4 is 18.0 Å². The molecule has 2 aromatic rings. The van der Waals surface area contributed by atoms with Crippen molar-refractivity contribution in [1.29, 1.82) is 0 Å². The Morgan fingerprint density at radius 3 is 2.11 bits per heavy atom. The van der Waals surface area contributed by atoms with Crippen LogP contribution in [0.15, 0.2) is 48.5 Å². The quantitative estimate of drug-likeness (QED) is 0.625. The van der Waals surface area contributed by atoms with Gasteiger partial charge in [-0.1, -0.05) is 48.5 Å². The van der Waals surface area contributed by atoms with Crippen LogP contribution in [-0.2, 0) is 23.8 Å². The fourth-order valence-corrected chi connectivity index (χ4v) is 5.11. The van der Waals surface area contributed by atoms with E-state index in [1.54, 1.807) is 13.8 Å². The average Bonchev–Trinajstić information content (AvgIpc) is 3.34. The third-order valence-electron chi connectivity index (χ3n) is 6.77. The lowest BCUT2D eigenvalue weighted by Gasteiger charge is -2.41. The maximum atomic E-state index is 14.3. The van der Waals surface area contributed by atoms with Gasteiger partial charge in [-0.05, 0) is 56.9 Å². The Labute approximate surface area is 216 Å². The zero-order valence-corrected chi connectivity index (χ0v) is 22.1. The van der Waals surface area contributed by atoms with Gasteiger partial charge in [0.1, 0.15) is 11.8 Å². The topological polar surface area (TPSA) is 106 Å². The molecule has 2 atom stereocenters. The number of hydrogen-bond acceptors (Lipinski definition) is 6. The number of nitrogens with zero attached hydrogens (tertiary/aromatic N) is 2. The van der Waals surface area contributed by atoms with Crippen LogP contribution in [0, 0.1) is 0 Å². The third kappa shape index (κ3) is 4.93. The molecule has 0 saturated carbocycles. The number of carboxylic acid groups (broad SMARTS) is 1. The second kappa shape index (κ2) is 9.79. The number of methoxy groups -OCH3 is 1. The van der Waals surface area contributed by atoms with Gasteiger partial charge in [0, 0.05) is 0 Å². The molecule has 9 nitrogen and oxygen atoms in total. The lowest BCUT2D eigenvalue weighted by Crippen LogP contribution is -2.60. The van der Waals surface area contributed by atoms with E-state index in [0.29, 0.717) is 0 Å². The highest BCUT2D eigenvalue weighted by atomic mass is 16.5. The van der Waals surface area contributed by atoms with Crippen LogP contribution < -0.4 is 0 Å². The molecule has 0 bridgehead atoms. The minimum Gasteiger partial charge on any atom is -0.480 e. The minimum absolute atomic E-state index is 0.158. The molecule has 2 aliphatic rings. The molecule has 198 valence electrons. The summed E-state index contributed by atoms with van der Waals surface area (Å²) in [5, 5.41) is 9.86.